The molecule has 3 rings (SSSR count). The first-order valence-electron chi connectivity index (χ1n) is 8.21. The van der Waals surface area contributed by atoms with Crippen LogP contribution in [0.25, 0.3) is 11.0 Å². The van der Waals surface area contributed by atoms with Gasteiger partial charge in [-0.3, -0.25) is 4.79 Å². The summed E-state index contributed by atoms with van der Waals surface area (Å²) in [6.07, 6.45) is 1.47. The van der Waals surface area contributed by atoms with E-state index in [1.807, 2.05) is 31.2 Å². The molecule has 0 radical (unpaired) electrons. The highest BCUT2D eigenvalue weighted by Gasteiger charge is 2.17. The predicted molar refractivity (Wildman–Crippen MR) is 102 cm³/mol. The summed E-state index contributed by atoms with van der Waals surface area (Å²) in [6.45, 7) is 1.84. The van der Waals surface area contributed by atoms with Crippen LogP contribution in [-0.4, -0.2) is 33.5 Å². The Morgan fingerprint density at radius 3 is 2.44 bits per heavy atom. The number of hydrogen-bond donors (Lipinski definition) is 1. The lowest BCUT2D eigenvalue weighted by Crippen LogP contribution is -2.17. The molecule has 0 saturated carbocycles. The number of rotatable bonds is 6. The van der Waals surface area contributed by atoms with E-state index in [1.165, 1.54) is 20.4 Å². The zero-order valence-corrected chi connectivity index (χ0v) is 15.5. The third-order valence-electron chi connectivity index (χ3n) is 4.15. The highest BCUT2D eigenvalue weighted by Crippen LogP contribution is 2.38. The number of aryl methyl sites for hydroxylation is 1. The van der Waals surface area contributed by atoms with Crippen LogP contribution in [0.5, 0.6) is 17.2 Å². The third-order valence-corrected chi connectivity index (χ3v) is 4.15. The van der Waals surface area contributed by atoms with Gasteiger partial charge in [0.25, 0.3) is 0 Å². The fourth-order valence-electron chi connectivity index (χ4n) is 2.83. The summed E-state index contributed by atoms with van der Waals surface area (Å²) in [4.78, 5) is 12.4. The van der Waals surface area contributed by atoms with Gasteiger partial charge in [0.2, 0.25) is 5.75 Å². The molecule has 1 amide bonds. The molecule has 27 heavy (non-hydrogen) atoms. The van der Waals surface area contributed by atoms with Gasteiger partial charge in [0, 0.05) is 16.5 Å². The second-order valence-corrected chi connectivity index (χ2v) is 5.68. The molecule has 2 aromatic carbocycles. The maximum atomic E-state index is 12.4. The van der Waals surface area contributed by atoms with E-state index in [0.717, 1.165) is 10.9 Å². The summed E-state index contributed by atoms with van der Waals surface area (Å²) in [5.74, 6) is 1.23. The quantitative estimate of drug-likeness (QED) is 0.532. The van der Waals surface area contributed by atoms with Crippen molar-refractivity contribution in [1.82, 2.24) is 5.43 Å². The molecule has 3 aromatic rings. The number of nitrogens with zero attached hydrogens (tertiary/aromatic N) is 1. The third kappa shape index (κ3) is 3.44. The molecule has 7 heteroatoms. The van der Waals surface area contributed by atoms with Crippen molar-refractivity contribution < 1.29 is 23.4 Å². The van der Waals surface area contributed by atoms with E-state index in [1.54, 1.807) is 19.2 Å². The van der Waals surface area contributed by atoms with Gasteiger partial charge >= 0.3 is 5.91 Å². The molecule has 1 N–H and O–H groups in total. The van der Waals surface area contributed by atoms with Gasteiger partial charge in [0.1, 0.15) is 5.58 Å². The van der Waals surface area contributed by atoms with E-state index in [9.17, 15) is 4.79 Å². The Balaban J connectivity index is 1.82. The number of ether oxygens (including phenoxy) is 3. The number of furan rings is 1. The van der Waals surface area contributed by atoms with Crippen LogP contribution in [0.15, 0.2) is 45.9 Å². The number of benzene rings is 2. The van der Waals surface area contributed by atoms with Crippen molar-refractivity contribution in [1.29, 1.82) is 0 Å². The first kappa shape index (κ1) is 18.3. The van der Waals surface area contributed by atoms with Crippen molar-refractivity contribution >= 4 is 23.1 Å². The topological polar surface area (TPSA) is 82.3 Å². The van der Waals surface area contributed by atoms with Crippen molar-refractivity contribution in [3.05, 3.63) is 53.3 Å². The number of para-hydroxylation sites is 1. The Hall–Kier alpha value is -3.48. The van der Waals surface area contributed by atoms with Crippen molar-refractivity contribution in [2.24, 2.45) is 5.10 Å². The molecule has 7 nitrogen and oxygen atoms in total. The normalized spacial score (nSPS) is 11.0. The summed E-state index contributed by atoms with van der Waals surface area (Å²) >= 11 is 0. The van der Waals surface area contributed by atoms with Gasteiger partial charge in [-0.15, -0.1) is 0 Å². The Morgan fingerprint density at radius 2 is 1.78 bits per heavy atom. The van der Waals surface area contributed by atoms with Crippen LogP contribution in [0.2, 0.25) is 0 Å². The number of carbonyl (C=O) groups excluding carboxylic acids is 1. The molecule has 0 aliphatic rings. The van der Waals surface area contributed by atoms with E-state index in [2.05, 4.69) is 10.5 Å². The standard InChI is InChI=1S/C20H20N2O5/c1-12-14-7-5-6-8-15(14)27-17(12)20(23)22-21-11-13-9-10-16(24-2)19(26-4)18(13)25-3/h5-11H,1-4H3,(H,22,23)/b21-11-. The predicted octanol–water partition coefficient (Wildman–Crippen LogP) is 3.53. The van der Waals surface area contributed by atoms with Gasteiger partial charge in [-0.05, 0) is 25.1 Å². The Kier molecular flexibility index (Phi) is 5.30. The first-order chi connectivity index (χ1) is 13.1. The fourth-order valence-corrected chi connectivity index (χ4v) is 2.83. The van der Waals surface area contributed by atoms with Crippen molar-refractivity contribution in [3.8, 4) is 17.2 Å². The van der Waals surface area contributed by atoms with Gasteiger partial charge in [0.05, 0.1) is 27.5 Å². The second-order valence-electron chi connectivity index (χ2n) is 5.68. The Bertz CT molecular complexity index is 1010. The van der Waals surface area contributed by atoms with Crippen LogP contribution in [0, 0.1) is 6.92 Å². The van der Waals surface area contributed by atoms with Gasteiger partial charge < -0.3 is 18.6 Å². The summed E-state index contributed by atoms with van der Waals surface area (Å²) in [6, 6.07) is 11.0. The number of amides is 1. The van der Waals surface area contributed by atoms with Crippen LogP contribution < -0.4 is 19.6 Å². The van der Waals surface area contributed by atoms with Crippen molar-refractivity contribution in [3.63, 3.8) is 0 Å². The van der Waals surface area contributed by atoms with Crippen molar-refractivity contribution in [2.45, 2.75) is 6.92 Å². The number of nitrogens with one attached hydrogen (secondary N) is 1. The molecule has 0 unspecified atom stereocenters. The van der Waals surface area contributed by atoms with Gasteiger partial charge in [-0.1, -0.05) is 18.2 Å². The summed E-state index contributed by atoms with van der Waals surface area (Å²) < 4.78 is 21.6. The molecule has 0 spiro atoms. The molecular weight excluding hydrogens is 348 g/mol. The molecule has 1 aromatic heterocycles. The van der Waals surface area contributed by atoms with Gasteiger partial charge in [0.15, 0.2) is 17.3 Å². The number of carbonyl (C=O) groups is 1. The fraction of sp³-hybridized carbons (Fsp3) is 0.200. The van der Waals surface area contributed by atoms with E-state index >= 15 is 0 Å². The lowest BCUT2D eigenvalue weighted by atomic mass is 10.1. The minimum atomic E-state index is -0.431. The zero-order chi connectivity index (χ0) is 19.4. The monoisotopic (exact) mass is 368 g/mol. The van der Waals surface area contributed by atoms with Crippen LogP contribution in [0.3, 0.4) is 0 Å². The molecular formula is C20H20N2O5. The van der Waals surface area contributed by atoms with Crippen LogP contribution in [0.1, 0.15) is 21.7 Å². The number of hydrazone groups is 1. The average Bonchev–Trinajstić information content (AvgIpc) is 3.04. The Labute approximate surface area is 156 Å². The second kappa shape index (κ2) is 7.82. The van der Waals surface area contributed by atoms with Gasteiger partial charge in [-0.2, -0.15) is 5.10 Å². The molecule has 0 bridgehead atoms. The van der Waals surface area contributed by atoms with Crippen molar-refractivity contribution in [2.75, 3.05) is 21.3 Å². The minimum Gasteiger partial charge on any atom is -0.493 e. The average molecular weight is 368 g/mol. The summed E-state index contributed by atoms with van der Waals surface area (Å²) in [5, 5.41) is 4.90. The van der Waals surface area contributed by atoms with Crippen LogP contribution in [-0.2, 0) is 0 Å². The van der Waals surface area contributed by atoms with E-state index in [0.29, 0.717) is 28.4 Å². The molecule has 0 saturated heterocycles. The molecule has 0 fully saturated rings. The van der Waals surface area contributed by atoms with Crippen LogP contribution in [0.4, 0.5) is 0 Å². The lowest BCUT2D eigenvalue weighted by Gasteiger charge is -2.13. The highest BCUT2D eigenvalue weighted by atomic mass is 16.5. The van der Waals surface area contributed by atoms with Gasteiger partial charge in [-0.25, -0.2) is 5.43 Å². The number of fused-ring (bicyclic) bond motifs is 1. The minimum absolute atomic E-state index is 0.229. The molecule has 140 valence electrons. The molecule has 0 aliphatic heterocycles. The maximum Gasteiger partial charge on any atom is 0.307 e. The van der Waals surface area contributed by atoms with E-state index < -0.39 is 5.91 Å². The summed E-state index contributed by atoms with van der Waals surface area (Å²) in [7, 11) is 4.58. The van der Waals surface area contributed by atoms with E-state index in [4.69, 9.17) is 18.6 Å². The lowest BCUT2D eigenvalue weighted by molar-refractivity contribution is 0.0929. The number of hydrogen-bond acceptors (Lipinski definition) is 6. The summed E-state index contributed by atoms with van der Waals surface area (Å²) in [5.41, 5.74) is 4.52. The number of methoxy groups -OCH3 is 3. The van der Waals surface area contributed by atoms with Crippen LogP contribution >= 0.6 is 0 Å². The largest absolute Gasteiger partial charge is 0.493 e. The smallest absolute Gasteiger partial charge is 0.307 e. The zero-order valence-electron chi connectivity index (χ0n) is 15.5. The molecule has 0 atom stereocenters. The maximum absolute atomic E-state index is 12.4. The van der Waals surface area contributed by atoms with E-state index in [-0.39, 0.29) is 5.76 Å². The molecule has 1 heterocycles. The molecule has 0 aliphatic carbocycles. The highest BCUT2D eigenvalue weighted by molar-refractivity contribution is 5.99. The SMILES string of the molecule is COc1ccc(/C=N\NC(=O)c2oc3ccccc3c2C)c(OC)c1OC. The first-order valence-corrected chi connectivity index (χ1v) is 8.21. The Morgan fingerprint density at radius 1 is 1.04 bits per heavy atom.